The number of hydrogen-bond donors (Lipinski definition) is 1. The van der Waals surface area contributed by atoms with Crippen LogP contribution in [0, 0.1) is 5.92 Å². The molecule has 0 radical (unpaired) electrons. The number of amides is 1. The van der Waals surface area contributed by atoms with Gasteiger partial charge in [-0.3, -0.25) is 4.79 Å². The Bertz CT molecular complexity index is 354. The first-order valence-electron chi connectivity index (χ1n) is 7.05. The number of unbranched alkanes of at least 4 members (excludes halogenated alkanes) is 2. The molecule has 0 spiro atoms. The second-order valence-corrected chi connectivity index (χ2v) is 4.81. The fourth-order valence-corrected chi connectivity index (χ4v) is 1.99. The summed E-state index contributed by atoms with van der Waals surface area (Å²) in [6.07, 6.45) is 8.88. The zero-order valence-electron chi connectivity index (χ0n) is 11.8. The van der Waals surface area contributed by atoms with Crippen molar-refractivity contribution in [1.29, 1.82) is 0 Å². The summed E-state index contributed by atoms with van der Waals surface area (Å²) in [5.41, 5.74) is 5.41. The van der Waals surface area contributed by atoms with Crippen LogP contribution in [-0.2, 0) is 16.3 Å². The van der Waals surface area contributed by atoms with Gasteiger partial charge in [0, 0.05) is 18.1 Å². The van der Waals surface area contributed by atoms with E-state index in [1.807, 2.05) is 35.2 Å². The predicted octanol–water partition coefficient (Wildman–Crippen LogP) is 2.02. The van der Waals surface area contributed by atoms with Gasteiger partial charge in [0.2, 0.25) is 5.91 Å². The molecule has 0 aliphatic carbocycles. The number of aromatic nitrogens is 1. The lowest BCUT2D eigenvalue weighted by Gasteiger charge is -2.12. The smallest absolute Gasteiger partial charge is 0.252 e. The summed E-state index contributed by atoms with van der Waals surface area (Å²) >= 11 is 0. The van der Waals surface area contributed by atoms with Gasteiger partial charge in [0.15, 0.2) is 12.4 Å². The van der Waals surface area contributed by atoms with Crippen molar-refractivity contribution in [3.63, 3.8) is 0 Å². The molecule has 0 aliphatic rings. The molecule has 1 atom stereocenters. The molecule has 2 N–H and O–H groups in total. The molecule has 1 unspecified atom stereocenters. The third-order valence-electron chi connectivity index (χ3n) is 3.19. The minimum Gasteiger partial charge on any atom is -0.369 e. The molecule has 0 aliphatic heterocycles. The molecule has 106 valence electrons. The molecule has 1 heterocycles. The van der Waals surface area contributed by atoms with E-state index in [1.54, 1.807) is 0 Å². The van der Waals surface area contributed by atoms with Crippen molar-refractivity contribution in [1.82, 2.24) is 0 Å². The van der Waals surface area contributed by atoms with Gasteiger partial charge in [-0.05, 0) is 12.8 Å². The lowest BCUT2D eigenvalue weighted by molar-refractivity contribution is -0.732. The van der Waals surface area contributed by atoms with Crippen LogP contribution in [0.4, 0.5) is 0 Å². The van der Waals surface area contributed by atoms with E-state index in [2.05, 4.69) is 6.92 Å². The molecule has 0 saturated carbocycles. The Hall–Kier alpha value is -1.42. The Morgan fingerprint density at radius 1 is 1.21 bits per heavy atom. The fourth-order valence-electron chi connectivity index (χ4n) is 1.99. The van der Waals surface area contributed by atoms with E-state index in [4.69, 9.17) is 10.5 Å². The van der Waals surface area contributed by atoms with Crippen LogP contribution in [0.2, 0.25) is 0 Å². The van der Waals surface area contributed by atoms with Crippen molar-refractivity contribution in [2.75, 3.05) is 6.61 Å². The largest absolute Gasteiger partial charge is 0.369 e. The van der Waals surface area contributed by atoms with Crippen LogP contribution in [-0.4, -0.2) is 12.5 Å². The molecular weight excluding hydrogens is 240 g/mol. The summed E-state index contributed by atoms with van der Waals surface area (Å²) in [6, 6.07) is 5.88. The first-order chi connectivity index (χ1) is 9.24. The maximum Gasteiger partial charge on any atom is 0.252 e. The number of carbonyl (C=O) groups is 1. The second kappa shape index (κ2) is 9.50. The third-order valence-corrected chi connectivity index (χ3v) is 3.19. The average Bonchev–Trinajstić information content (AvgIpc) is 2.42. The molecule has 19 heavy (non-hydrogen) atoms. The second-order valence-electron chi connectivity index (χ2n) is 4.81. The highest BCUT2D eigenvalue weighted by molar-refractivity contribution is 5.76. The number of hydrogen-bond acceptors (Lipinski definition) is 2. The Balaban J connectivity index is 2.19. The molecule has 1 aromatic rings. The van der Waals surface area contributed by atoms with Gasteiger partial charge in [0.25, 0.3) is 6.73 Å². The summed E-state index contributed by atoms with van der Waals surface area (Å²) in [4.78, 5) is 11.3. The monoisotopic (exact) mass is 265 g/mol. The summed E-state index contributed by atoms with van der Waals surface area (Å²) in [7, 11) is 0. The van der Waals surface area contributed by atoms with E-state index < -0.39 is 0 Å². The number of nitrogens with zero attached hydrogens (tertiary/aromatic N) is 1. The Morgan fingerprint density at radius 2 is 1.95 bits per heavy atom. The number of pyridine rings is 1. The van der Waals surface area contributed by atoms with Gasteiger partial charge in [-0.15, -0.1) is 0 Å². The molecule has 0 bridgehead atoms. The zero-order chi connectivity index (χ0) is 13.9. The van der Waals surface area contributed by atoms with Crippen molar-refractivity contribution < 1.29 is 14.1 Å². The van der Waals surface area contributed by atoms with Gasteiger partial charge < -0.3 is 10.5 Å². The maximum atomic E-state index is 11.3. The van der Waals surface area contributed by atoms with Gasteiger partial charge in [0.1, 0.15) is 0 Å². The van der Waals surface area contributed by atoms with Crippen LogP contribution in [0.1, 0.15) is 39.0 Å². The van der Waals surface area contributed by atoms with E-state index in [0.29, 0.717) is 19.8 Å². The van der Waals surface area contributed by atoms with E-state index in [1.165, 1.54) is 0 Å². The van der Waals surface area contributed by atoms with Gasteiger partial charge in [-0.2, -0.15) is 4.57 Å². The van der Waals surface area contributed by atoms with Gasteiger partial charge in [-0.1, -0.05) is 32.3 Å². The predicted molar refractivity (Wildman–Crippen MR) is 74.0 cm³/mol. The van der Waals surface area contributed by atoms with Crippen molar-refractivity contribution in [3.05, 3.63) is 30.6 Å². The SMILES string of the molecule is CCCCCC(CCOC[n+]1ccccc1)C(N)=O. The molecule has 4 heteroatoms. The normalized spacial score (nSPS) is 12.3. The Kier molecular flexibility index (Phi) is 7.82. The molecule has 4 nitrogen and oxygen atoms in total. The summed E-state index contributed by atoms with van der Waals surface area (Å²) in [6.45, 7) is 3.24. The van der Waals surface area contributed by atoms with E-state index in [0.717, 1.165) is 25.7 Å². The van der Waals surface area contributed by atoms with Gasteiger partial charge >= 0.3 is 0 Å². The van der Waals surface area contributed by atoms with Gasteiger partial charge in [0.05, 0.1) is 6.61 Å². The highest BCUT2D eigenvalue weighted by Crippen LogP contribution is 2.13. The highest BCUT2D eigenvalue weighted by atomic mass is 16.5. The maximum absolute atomic E-state index is 11.3. The molecule has 1 rings (SSSR count). The van der Waals surface area contributed by atoms with Crippen molar-refractivity contribution >= 4 is 5.91 Å². The average molecular weight is 265 g/mol. The topological polar surface area (TPSA) is 56.2 Å². The number of primary amides is 1. The quantitative estimate of drug-likeness (QED) is 0.520. The van der Waals surface area contributed by atoms with Crippen LogP contribution in [0.5, 0.6) is 0 Å². The van der Waals surface area contributed by atoms with Crippen molar-refractivity contribution in [2.45, 2.75) is 45.8 Å². The number of nitrogens with two attached hydrogens (primary N) is 1. The minimum atomic E-state index is -0.202. The third kappa shape index (κ3) is 6.91. The first-order valence-corrected chi connectivity index (χ1v) is 7.05. The van der Waals surface area contributed by atoms with E-state index in [-0.39, 0.29) is 11.8 Å². The fraction of sp³-hybridized carbons (Fsp3) is 0.600. The van der Waals surface area contributed by atoms with Crippen LogP contribution in [0.25, 0.3) is 0 Å². The van der Waals surface area contributed by atoms with Crippen LogP contribution < -0.4 is 10.3 Å². The zero-order valence-corrected chi connectivity index (χ0v) is 11.8. The van der Waals surface area contributed by atoms with E-state index in [9.17, 15) is 4.79 Å². The molecule has 1 amide bonds. The van der Waals surface area contributed by atoms with Crippen LogP contribution >= 0.6 is 0 Å². The molecule has 0 saturated heterocycles. The molecular formula is C15H25N2O2+. The van der Waals surface area contributed by atoms with Crippen molar-refractivity contribution in [2.24, 2.45) is 11.7 Å². The highest BCUT2D eigenvalue weighted by Gasteiger charge is 2.14. The Labute approximate surface area is 115 Å². The minimum absolute atomic E-state index is 0.0488. The summed E-state index contributed by atoms with van der Waals surface area (Å²) in [5.74, 6) is -0.251. The van der Waals surface area contributed by atoms with Crippen LogP contribution in [0.15, 0.2) is 30.6 Å². The Morgan fingerprint density at radius 3 is 2.58 bits per heavy atom. The lowest BCUT2D eigenvalue weighted by Crippen LogP contribution is -2.34. The number of carbonyl (C=O) groups excluding carboxylic acids is 1. The lowest BCUT2D eigenvalue weighted by atomic mass is 9.98. The number of rotatable bonds is 10. The van der Waals surface area contributed by atoms with Gasteiger partial charge in [-0.25, -0.2) is 0 Å². The summed E-state index contributed by atoms with van der Waals surface area (Å²) < 4.78 is 7.52. The van der Waals surface area contributed by atoms with Crippen LogP contribution in [0.3, 0.4) is 0 Å². The molecule has 0 fully saturated rings. The summed E-state index contributed by atoms with van der Waals surface area (Å²) in [5, 5.41) is 0. The molecule has 1 aromatic heterocycles. The van der Waals surface area contributed by atoms with Crippen molar-refractivity contribution in [3.8, 4) is 0 Å². The standard InChI is InChI=1S/C15H24N2O2/c1-2-3-5-8-14(15(16)18)9-12-19-13-17-10-6-4-7-11-17/h4,6-7,10-11,14H,2-3,5,8-9,12-13H2,1H3,(H-,16,18)/p+1. The molecule has 0 aromatic carbocycles. The van der Waals surface area contributed by atoms with E-state index >= 15 is 0 Å². The number of ether oxygens (including phenoxy) is 1. The first kappa shape index (κ1) is 15.6.